The van der Waals surface area contributed by atoms with E-state index in [-0.39, 0.29) is 17.9 Å². The first kappa shape index (κ1) is 13.0. The first-order valence-electron chi connectivity index (χ1n) is 6.49. The molecule has 100 valence electrons. The number of aryl methyl sites for hydroxylation is 1. The van der Waals surface area contributed by atoms with Crippen LogP contribution in [0, 0.1) is 12.8 Å². The van der Waals surface area contributed by atoms with E-state index in [1.807, 2.05) is 0 Å². The van der Waals surface area contributed by atoms with Gasteiger partial charge in [0, 0.05) is 19.0 Å². The van der Waals surface area contributed by atoms with Gasteiger partial charge in [-0.1, -0.05) is 18.0 Å². The zero-order chi connectivity index (χ0) is 13.0. The molecule has 1 aliphatic carbocycles. The lowest BCUT2D eigenvalue weighted by atomic mass is 9.84. The number of carbonyl (C=O) groups is 1. The van der Waals surface area contributed by atoms with Crippen LogP contribution in [-0.2, 0) is 11.2 Å². The Morgan fingerprint density at radius 2 is 2.28 bits per heavy atom. The van der Waals surface area contributed by atoms with Gasteiger partial charge in [0.05, 0.1) is 5.92 Å². The minimum atomic E-state index is -0.0387. The van der Waals surface area contributed by atoms with Gasteiger partial charge in [-0.25, -0.2) is 0 Å². The fraction of sp³-hybridized carbons (Fsp3) is 0.750. The summed E-state index contributed by atoms with van der Waals surface area (Å²) in [6.45, 7) is 2.29. The predicted octanol–water partition coefficient (Wildman–Crippen LogP) is 0.554. The van der Waals surface area contributed by atoms with E-state index in [9.17, 15) is 4.79 Å². The average molecular weight is 252 g/mol. The van der Waals surface area contributed by atoms with Crippen molar-refractivity contribution in [2.45, 2.75) is 45.1 Å². The standard InChI is InChI=1S/C12H20N4O2/c1-8-15-11(18-16-8)6-7-14-12(17)9-4-2-3-5-10(9)13/h9-10H,2-7,13H2,1H3,(H,14,17). The number of hydrogen-bond donors (Lipinski definition) is 2. The smallest absolute Gasteiger partial charge is 0.228 e. The van der Waals surface area contributed by atoms with E-state index in [1.165, 1.54) is 0 Å². The van der Waals surface area contributed by atoms with Crippen molar-refractivity contribution in [3.8, 4) is 0 Å². The molecule has 2 unspecified atom stereocenters. The van der Waals surface area contributed by atoms with E-state index >= 15 is 0 Å². The molecule has 2 rings (SSSR count). The van der Waals surface area contributed by atoms with Gasteiger partial charge in [-0.15, -0.1) is 0 Å². The first-order valence-corrected chi connectivity index (χ1v) is 6.49. The maximum atomic E-state index is 11.9. The van der Waals surface area contributed by atoms with Crippen molar-refractivity contribution in [3.63, 3.8) is 0 Å². The summed E-state index contributed by atoms with van der Waals surface area (Å²) < 4.78 is 4.98. The van der Waals surface area contributed by atoms with Crippen molar-refractivity contribution in [2.75, 3.05) is 6.54 Å². The highest BCUT2D eigenvalue weighted by molar-refractivity contribution is 5.79. The van der Waals surface area contributed by atoms with Crippen LogP contribution in [0.1, 0.15) is 37.4 Å². The van der Waals surface area contributed by atoms with Crippen LogP contribution >= 0.6 is 0 Å². The van der Waals surface area contributed by atoms with Crippen LogP contribution < -0.4 is 11.1 Å². The Morgan fingerprint density at radius 1 is 1.50 bits per heavy atom. The zero-order valence-corrected chi connectivity index (χ0v) is 10.7. The Balaban J connectivity index is 1.74. The van der Waals surface area contributed by atoms with E-state index < -0.39 is 0 Å². The molecule has 1 aromatic rings. The molecule has 0 bridgehead atoms. The summed E-state index contributed by atoms with van der Waals surface area (Å²) in [6.07, 6.45) is 4.63. The molecule has 1 amide bonds. The van der Waals surface area contributed by atoms with Crippen molar-refractivity contribution in [3.05, 3.63) is 11.7 Å². The number of rotatable bonds is 4. The van der Waals surface area contributed by atoms with Crippen LogP contribution in [0.2, 0.25) is 0 Å². The average Bonchev–Trinajstić information content (AvgIpc) is 2.75. The van der Waals surface area contributed by atoms with Gasteiger partial charge in [-0.2, -0.15) is 4.98 Å². The fourth-order valence-corrected chi connectivity index (χ4v) is 2.35. The van der Waals surface area contributed by atoms with Gasteiger partial charge in [0.25, 0.3) is 0 Å². The molecule has 1 saturated carbocycles. The highest BCUT2D eigenvalue weighted by Crippen LogP contribution is 2.22. The summed E-state index contributed by atoms with van der Waals surface area (Å²) in [5, 5.41) is 6.59. The molecule has 0 aromatic carbocycles. The van der Waals surface area contributed by atoms with Crippen LogP contribution in [0.5, 0.6) is 0 Å². The van der Waals surface area contributed by atoms with Crippen molar-refractivity contribution in [1.82, 2.24) is 15.5 Å². The normalized spacial score (nSPS) is 23.9. The molecule has 3 N–H and O–H groups in total. The summed E-state index contributed by atoms with van der Waals surface area (Å²) in [7, 11) is 0. The second kappa shape index (κ2) is 5.95. The van der Waals surface area contributed by atoms with Crippen molar-refractivity contribution < 1.29 is 9.32 Å². The van der Waals surface area contributed by atoms with Crippen LogP contribution in [0.25, 0.3) is 0 Å². The van der Waals surface area contributed by atoms with Crippen LogP contribution in [0.3, 0.4) is 0 Å². The number of nitrogens with one attached hydrogen (secondary N) is 1. The molecule has 6 nitrogen and oxygen atoms in total. The molecule has 0 spiro atoms. The number of aromatic nitrogens is 2. The van der Waals surface area contributed by atoms with Gasteiger partial charge in [0.2, 0.25) is 11.8 Å². The van der Waals surface area contributed by atoms with Crippen molar-refractivity contribution in [1.29, 1.82) is 0 Å². The number of hydrogen-bond acceptors (Lipinski definition) is 5. The molecule has 2 atom stereocenters. The van der Waals surface area contributed by atoms with E-state index in [1.54, 1.807) is 6.92 Å². The Kier molecular flexibility index (Phi) is 4.30. The Morgan fingerprint density at radius 3 is 2.94 bits per heavy atom. The lowest BCUT2D eigenvalue weighted by Crippen LogP contribution is -2.44. The third-order valence-corrected chi connectivity index (χ3v) is 3.36. The van der Waals surface area contributed by atoms with E-state index in [2.05, 4.69) is 15.5 Å². The van der Waals surface area contributed by atoms with Crippen LogP contribution in [0.4, 0.5) is 0 Å². The molecule has 6 heteroatoms. The van der Waals surface area contributed by atoms with E-state index in [4.69, 9.17) is 10.3 Å². The van der Waals surface area contributed by atoms with Gasteiger partial charge in [0.15, 0.2) is 5.82 Å². The largest absolute Gasteiger partial charge is 0.355 e. The monoisotopic (exact) mass is 252 g/mol. The van der Waals surface area contributed by atoms with Crippen molar-refractivity contribution >= 4 is 5.91 Å². The number of amides is 1. The second-order valence-corrected chi connectivity index (χ2v) is 4.83. The predicted molar refractivity (Wildman–Crippen MR) is 65.7 cm³/mol. The Labute approximate surface area is 106 Å². The molecule has 0 saturated heterocycles. The SMILES string of the molecule is Cc1noc(CCNC(=O)C2CCCCC2N)n1. The molecule has 1 fully saturated rings. The number of nitrogens with zero attached hydrogens (tertiary/aromatic N) is 2. The minimum Gasteiger partial charge on any atom is -0.355 e. The first-order chi connectivity index (χ1) is 8.66. The second-order valence-electron chi connectivity index (χ2n) is 4.83. The van der Waals surface area contributed by atoms with Gasteiger partial charge in [0.1, 0.15) is 0 Å². The summed E-state index contributed by atoms with van der Waals surface area (Å²) in [6, 6.07) is 0.00407. The third-order valence-electron chi connectivity index (χ3n) is 3.36. The molecule has 0 radical (unpaired) electrons. The van der Waals surface area contributed by atoms with Crippen molar-refractivity contribution in [2.24, 2.45) is 11.7 Å². The maximum absolute atomic E-state index is 11.9. The van der Waals surface area contributed by atoms with Gasteiger partial charge in [-0.05, 0) is 19.8 Å². The quantitative estimate of drug-likeness (QED) is 0.816. The molecule has 0 aliphatic heterocycles. The third kappa shape index (κ3) is 3.29. The van der Waals surface area contributed by atoms with Crippen LogP contribution in [0.15, 0.2) is 4.52 Å². The lowest BCUT2D eigenvalue weighted by molar-refractivity contribution is -0.126. The molecular weight excluding hydrogens is 232 g/mol. The number of nitrogens with two attached hydrogens (primary N) is 1. The maximum Gasteiger partial charge on any atom is 0.228 e. The summed E-state index contributed by atoms with van der Waals surface area (Å²) in [4.78, 5) is 16.0. The van der Waals surface area contributed by atoms with Crippen LogP contribution in [-0.4, -0.2) is 28.6 Å². The van der Waals surface area contributed by atoms with E-state index in [0.717, 1.165) is 25.7 Å². The minimum absolute atomic E-state index is 0.00407. The Bertz CT molecular complexity index is 405. The molecule has 1 aromatic heterocycles. The topological polar surface area (TPSA) is 94.0 Å². The zero-order valence-electron chi connectivity index (χ0n) is 10.7. The Hall–Kier alpha value is -1.43. The lowest BCUT2D eigenvalue weighted by Gasteiger charge is -2.27. The molecule has 1 heterocycles. The van der Waals surface area contributed by atoms with Gasteiger partial charge in [-0.3, -0.25) is 4.79 Å². The molecule has 18 heavy (non-hydrogen) atoms. The summed E-state index contributed by atoms with van der Waals surface area (Å²) in [5.74, 6) is 1.19. The summed E-state index contributed by atoms with van der Waals surface area (Å²) in [5.41, 5.74) is 5.96. The highest BCUT2D eigenvalue weighted by Gasteiger charge is 2.27. The fourth-order valence-electron chi connectivity index (χ4n) is 2.35. The summed E-state index contributed by atoms with van der Waals surface area (Å²) >= 11 is 0. The number of carbonyl (C=O) groups excluding carboxylic acids is 1. The molecule has 1 aliphatic rings. The van der Waals surface area contributed by atoms with Gasteiger partial charge < -0.3 is 15.6 Å². The van der Waals surface area contributed by atoms with Gasteiger partial charge >= 0.3 is 0 Å². The molecular formula is C12H20N4O2. The highest BCUT2D eigenvalue weighted by atomic mass is 16.5. The van der Waals surface area contributed by atoms with E-state index in [0.29, 0.717) is 24.7 Å².